The molecule has 2 aromatic carbocycles. The first-order valence-electron chi connectivity index (χ1n) is 6.00. The van der Waals surface area contributed by atoms with Crippen LogP contribution in [0.15, 0.2) is 60.7 Å². The van der Waals surface area contributed by atoms with Crippen LogP contribution in [-0.2, 0) is 11.2 Å². The molecule has 0 saturated heterocycles. The standard InChI is InChI=1S/C10H12O2.C6H6/c1-3-9-6-4-5-7-10(9)12-8(2)11;1-2-4-6-5-3-1/h4-7H,3H2,1-2H3;1-6H. The minimum absolute atomic E-state index is 0.268. The van der Waals surface area contributed by atoms with E-state index >= 15 is 0 Å². The Morgan fingerprint density at radius 3 is 1.89 bits per heavy atom. The SMILES string of the molecule is CCc1ccccc1OC(C)=O.c1ccccc1. The van der Waals surface area contributed by atoms with E-state index in [4.69, 9.17) is 4.74 Å². The lowest BCUT2D eigenvalue weighted by molar-refractivity contribution is -0.131. The highest BCUT2D eigenvalue weighted by molar-refractivity contribution is 5.69. The third-order valence-electron chi connectivity index (χ3n) is 2.27. The monoisotopic (exact) mass is 242 g/mol. The topological polar surface area (TPSA) is 26.3 Å². The summed E-state index contributed by atoms with van der Waals surface area (Å²) in [6, 6.07) is 19.6. The van der Waals surface area contributed by atoms with Crippen molar-refractivity contribution >= 4 is 5.97 Å². The predicted molar refractivity (Wildman–Crippen MR) is 73.6 cm³/mol. The van der Waals surface area contributed by atoms with E-state index in [1.54, 1.807) is 6.07 Å². The molecule has 0 aliphatic rings. The summed E-state index contributed by atoms with van der Waals surface area (Å²) in [5, 5.41) is 0. The van der Waals surface area contributed by atoms with Gasteiger partial charge in [0.2, 0.25) is 0 Å². The fourth-order valence-electron chi connectivity index (χ4n) is 1.44. The van der Waals surface area contributed by atoms with Gasteiger partial charge in [-0.3, -0.25) is 4.79 Å². The van der Waals surface area contributed by atoms with Crippen molar-refractivity contribution in [3.8, 4) is 5.75 Å². The first kappa shape index (κ1) is 14.0. The van der Waals surface area contributed by atoms with E-state index in [1.165, 1.54) is 6.92 Å². The van der Waals surface area contributed by atoms with Gasteiger partial charge in [0.1, 0.15) is 5.75 Å². The van der Waals surface area contributed by atoms with E-state index in [1.807, 2.05) is 61.5 Å². The molecule has 0 radical (unpaired) electrons. The van der Waals surface area contributed by atoms with Crippen molar-refractivity contribution in [1.82, 2.24) is 0 Å². The number of rotatable bonds is 2. The van der Waals surface area contributed by atoms with Crippen molar-refractivity contribution in [2.75, 3.05) is 0 Å². The molecule has 18 heavy (non-hydrogen) atoms. The molecule has 0 spiro atoms. The van der Waals surface area contributed by atoms with Crippen LogP contribution in [0.5, 0.6) is 5.75 Å². The Hall–Kier alpha value is -2.09. The highest BCUT2D eigenvalue weighted by atomic mass is 16.5. The van der Waals surface area contributed by atoms with E-state index in [0.29, 0.717) is 5.75 Å². The molecular formula is C16H18O2. The fraction of sp³-hybridized carbons (Fsp3) is 0.188. The van der Waals surface area contributed by atoms with Crippen LogP contribution >= 0.6 is 0 Å². The highest BCUT2D eigenvalue weighted by Gasteiger charge is 2.01. The average Bonchev–Trinajstić information content (AvgIpc) is 2.41. The van der Waals surface area contributed by atoms with Crippen molar-refractivity contribution in [3.63, 3.8) is 0 Å². The fourth-order valence-corrected chi connectivity index (χ4v) is 1.44. The quantitative estimate of drug-likeness (QED) is 0.590. The van der Waals surface area contributed by atoms with E-state index in [9.17, 15) is 4.79 Å². The third-order valence-corrected chi connectivity index (χ3v) is 2.27. The molecule has 0 bridgehead atoms. The molecule has 94 valence electrons. The minimum Gasteiger partial charge on any atom is -0.426 e. The van der Waals surface area contributed by atoms with Gasteiger partial charge in [-0.1, -0.05) is 61.5 Å². The summed E-state index contributed by atoms with van der Waals surface area (Å²) < 4.78 is 5.00. The lowest BCUT2D eigenvalue weighted by Gasteiger charge is -2.05. The molecule has 2 nitrogen and oxygen atoms in total. The summed E-state index contributed by atoms with van der Waals surface area (Å²) in [6.07, 6.45) is 0.878. The van der Waals surface area contributed by atoms with Crippen LogP contribution in [0.4, 0.5) is 0 Å². The van der Waals surface area contributed by atoms with E-state index in [2.05, 4.69) is 0 Å². The van der Waals surface area contributed by atoms with Crippen LogP contribution in [0.3, 0.4) is 0 Å². The first-order valence-corrected chi connectivity index (χ1v) is 6.00. The second-order valence-corrected chi connectivity index (χ2v) is 3.71. The maximum Gasteiger partial charge on any atom is 0.308 e. The van der Waals surface area contributed by atoms with Gasteiger partial charge in [-0.15, -0.1) is 0 Å². The van der Waals surface area contributed by atoms with Crippen molar-refractivity contribution in [2.45, 2.75) is 20.3 Å². The van der Waals surface area contributed by atoms with E-state index in [0.717, 1.165) is 12.0 Å². The zero-order chi connectivity index (χ0) is 13.2. The molecule has 0 amide bonds. The Kier molecular flexibility index (Phi) is 6.26. The molecule has 2 aromatic rings. The number of benzene rings is 2. The summed E-state index contributed by atoms with van der Waals surface area (Å²) in [7, 11) is 0. The second kappa shape index (κ2) is 8.07. The summed E-state index contributed by atoms with van der Waals surface area (Å²) in [4.78, 5) is 10.7. The van der Waals surface area contributed by atoms with Crippen LogP contribution in [0.25, 0.3) is 0 Å². The number of esters is 1. The maximum absolute atomic E-state index is 10.7. The number of para-hydroxylation sites is 1. The molecule has 2 heteroatoms. The van der Waals surface area contributed by atoms with Crippen LogP contribution < -0.4 is 4.74 Å². The number of ether oxygens (including phenoxy) is 1. The number of hydrogen-bond donors (Lipinski definition) is 0. The summed E-state index contributed by atoms with van der Waals surface area (Å²) in [5.74, 6) is 0.406. The molecule has 0 fully saturated rings. The van der Waals surface area contributed by atoms with Crippen molar-refractivity contribution in [2.24, 2.45) is 0 Å². The van der Waals surface area contributed by atoms with Crippen molar-refractivity contribution in [1.29, 1.82) is 0 Å². The van der Waals surface area contributed by atoms with Crippen molar-refractivity contribution in [3.05, 3.63) is 66.2 Å². The Balaban J connectivity index is 0.000000225. The van der Waals surface area contributed by atoms with Crippen LogP contribution in [0.1, 0.15) is 19.4 Å². The number of carbonyl (C=O) groups is 1. The van der Waals surface area contributed by atoms with E-state index < -0.39 is 0 Å². The molecule has 0 N–H and O–H groups in total. The maximum atomic E-state index is 10.7. The van der Waals surface area contributed by atoms with Gasteiger partial charge in [0.25, 0.3) is 0 Å². The van der Waals surface area contributed by atoms with E-state index in [-0.39, 0.29) is 5.97 Å². The highest BCUT2D eigenvalue weighted by Crippen LogP contribution is 2.17. The molecule has 0 heterocycles. The lowest BCUT2D eigenvalue weighted by Crippen LogP contribution is -2.03. The third kappa shape index (κ3) is 5.30. The van der Waals surface area contributed by atoms with Crippen molar-refractivity contribution < 1.29 is 9.53 Å². The van der Waals surface area contributed by atoms with Gasteiger partial charge in [-0.2, -0.15) is 0 Å². The minimum atomic E-state index is -0.268. The lowest BCUT2D eigenvalue weighted by atomic mass is 10.1. The van der Waals surface area contributed by atoms with Gasteiger partial charge in [0.15, 0.2) is 0 Å². The van der Waals surface area contributed by atoms with Gasteiger partial charge >= 0.3 is 5.97 Å². The number of aryl methyl sites for hydroxylation is 1. The van der Waals surface area contributed by atoms with Gasteiger partial charge in [0, 0.05) is 6.92 Å². The van der Waals surface area contributed by atoms with Gasteiger partial charge in [-0.25, -0.2) is 0 Å². The number of carbonyl (C=O) groups excluding carboxylic acids is 1. The molecule has 0 aromatic heterocycles. The Morgan fingerprint density at radius 1 is 0.944 bits per heavy atom. The first-order chi connectivity index (χ1) is 8.74. The second-order valence-electron chi connectivity index (χ2n) is 3.71. The van der Waals surface area contributed by atoms with Crippen LogP contribution in [-0.4, -0.2) is 5.97 Å². The predicted octanol–water partition coefficient (Wildman–Crippen LogP) is 3.86. The Morgan fingerprint density at radius 2 is 1.44 bits per heavy atom. The zero-order valence-corrected chi connectivity index (χ0v) is 10.8. The van der Waals surface area contributed by atoms with Gasteiger partial charge < -0.3 is 4.74 Å². The Labute approximate surface area is 108 Å². The van der Waals surface area contributed by atoms with Crippen LogP contribution in [0.2, 0.25) is 0 Å². The van der Waals surface area contributed by atoms with Gasteiger partial charge in [0.05, 0.1) is 0 Å². The molecule has 0 unspecified atom stereocenters. The molecule has 0 aliphatic heterocycles. The molecule has 0 atom stereocenters. The average molecular weight is 242 g/mol. The smallest absolute Gasteiger partial charge is 0.308 e. The molecule has 0 saturated carbocycles. The molecule has 0 aliphatic carbocycles. The van der Waals surface area contributed by atoms with Crippen LogP contribution in [0, 0.1) is 0 Å². The largest absolute Gasteiger partial charge is 0.426 e. The zero-order valence-electron chi connectivity index (χ0n) is 10.8. The summed E-state index contributed by atoms with van der Waals surface area (Å²) in [6.45, 7) is 3.44. The summed E-state index contributed by atoms with van der Waals surface area (Å²) in [5.41, 5.74) is 1.06. The summed E-state index contributed by atoms with van der Waals surface area (Å²) >= 11 is 0. The molecular weight excluding hydrogens is 224 g/mol. The Bertz CT molecular complexity index is 437. The van der Waals surface area contributed by atoms with Gasteiger partial charge in [-0.05, 0) is 18.1 Å². The molecule has 2 rings (SSSR count). The normalized spacial score (nSPS) is 9.00. The number of hydrogen-bond acceptors (Lipinski definition) is 2.